The van der Waals surface area contributed by atoms with Crippen molar-refractivity contribution in [3.05, 3.63) is 66.2 Å². The quantitative estimate of drug-likeness (QED) is 0.618. The average molecular weight is 392 g/mol. The third-order valence-electron chi connectivity index (χ3n) is 4.92. The minimum Gasteiger partial charge on any atom is -0.459 e. The Kier molecular flexibility index (Phi) is 5.99. The number of nitrogens with zero attached hydrogens (tertiary/aromatic N) is 5. The van der Waals surface area contributed by atoms with Crippen molar-refractivity contribution in [3.63, 3.8) is 0 Å². The second-order valence-corrected chi connectivity index (χ2v) is 6.91. The number of rotatable bonds is 7. The van der Waals surface area contributed by atoms with E-state index >= 15 is 0 Å². The molecule has 150 valence electrons. The normalized spacial score (nSPS) is 14.1. The van der Waals surface area contributed by atoms with Crippen LogP contribution in [0.3, 0.4) is 0 Å². The molecule has 3 aromatic rings. The SMILES string of the molecule is O=C(c1ccco1)N1CCN(c2nncc(NCCCc3ccccc3)n2)CC1. The van der Waals surface area contributed by atoms with E-state index in [0.29, 0.717) is 37.9 Å². The smallest absolute Gasteiger partial charge is 0.289 e. The Bertz CT molecular complexity index is 908. The number of furan rings is 1. The molecule has 0 unspecified atom stereocenters. The largest absolute Gasteiger partial charge is 0.459 e. The van der Waals surface area contributed by atoms with Crippen LogP contribution in [-0.4, -0.2) is 58.7 Å². The molecule has 1 N–H and O–H groups in total. The molecule has 1 aliphatic heterocycles. The number of aryl methyl sites for hydroxylation is 1. The predicted molar refractivity (Wildman–Crippen MR) is 110 cm³/mol. The fraction of sp³-hybridized carbons (Fsp3) is 0.333. The molecule has 0 radical (unpaired) electrons. The number of hydrogen-bond acceptors (Lipinski definition) is 7. The number of hydrogen-bond donors (Lipinski definition) is 1. The summed E-state index contributed by atoms with van der Waals surface area (Å²) in [6, 6.07) is 13.8. The van der Waals surface area contributed by atoms with Gasteiger partial charge >= 0.3 is 0 Å². The molecular weight excluding hydrogens is 368 g/mol. The first-order valence-electron chi connectivity index (χ1n) is 9.85. The van der Waals surface area contributed by atoms with Crippen molar-refractivity contribution in [2.45, 2.75) is 12.8 Å². The van der Waals surface area contributed by atoms with E-state index in [-0.39, 0.29) is 5.91 Å². The van der Waals surface area contributed by atoms with Crippen LogP contribution in [0.25, 0.3) is 0 Å². The van der Waals surface area contributed by atoms with Gasteiger partial charge in [0.05, 0.1) is 12.5 Å². The lowest BCUT2D eigenvalue weighted by molar-refractivity contribution is 0.0714. The van der Waals surface area contributed by atoms with E-state index in [1.165, 1.54) is 11.8 Å². The maximum Gasteiger partial charge on any atom is 0.289 e. The standard InChI is InChI=1S/C21H24N6O2/c28-20(18-9-5-15-29-18)26-11-13-27(14-12-26)21-24-19(16-23-25-21)22-10-4-8-17-6-2-1-3-7-17/h1-3,5-7,9,15-16H,4,8,10-14H2,(H,22,24,25). The van der Waals surface area contributed by atoms with Gasteiger partial charge in [-0.25, -0.2) is 0 Å². The van der Waals surface area contributed by atoms with Crippen LogP contribution >= 0.6 is 0 Å². The number of nitrogens with one attached hydrogen (secondary N) is 1. The Balaban J connectivity index is 1.26. The molecule has 1 aliphatic rings. The van der Waals surface area contributed by atoms with Crippen LogP contribution in [0.2, 0.25) is 0 Å². The Hall–Kier alpha value is -3.42. The zero-order chi connectivity index (χ0) is 19.9. The summed E-state index contributed by atoms with van der Waals surface area (Å²) in [6.45, 7) is 3.32. The molecule has 2 aromatic heterocycles. The van der Waals surface area contributed by atoms with Gasteiger partial charge in [-0.05, 0) is 30.5 Å². The predicted octanol–water partition coefficient (Wildman–Crippen LogP) is 2.47. The summed E-state index contributed by atoms with van der Waals surface area (Å²) in [5.41, 5.74) is 1.33. The Labute approximate surface area is 169 Å². The number of amides is 1. The number of aromatic nitrogens is 3. The summed E-state index contributed by atoms with van der Waals surface area (Å²) in [6.07, 6.45) is 5.19. The Morgan fingerprint density at radius 2 is 1.90 bits per heavy atom. The molecule has 1 aromatic carbocycles. The average Bonchev–Trinajstić information content (AvgIpc) is 3.32. The van der Waals surface area contributed by atoms with Gasteiger partial charge < -0.3 is 19.5 Å². The van der Waals surface area contributed by atoms with Crippen LogP contribution in [0.1, 0.15) is 22.5 Å². The lowest BCUT2D eigenvalue weighted by Gasteiger charge is -2.34. The van der Waals surface area contributed by atoms with Gasteiger partial charge in [-0.15, -0.1) is 5.10 Å². The van der Waals surface area contributed by atoms with Gasteiger partial charge in [0.25, 0.3) is 5.91 Å². The Morgan fingerprint density at radius 1 is 1.07 bits per heavy atom. The van der Waals surface area contributed by atoms with Crippen molar-refractivity contribution >= 4 is 17.7 Å². The van der Waals surface area contributed by atoms with Crippen LogP contribution < -0.4 is 10.2 Å². The monoisotopic (exact) mass is 392 g/mol. The lowest BCUT2D eigenvalue weighted by Crippen LogP contribution is -2.49. The number of carbonyl (C=O) groups excluding carboxylic acids is 1. The van der Waals surface area contributed by atoms with E-state index in [1.54, 1.807) is 23.2 Å². The van der Waals surface area contributed by atoms with Crippen LogP contribution in [0, 0.1) is 0 Å². The number of carbonyl (C=O) groups is 1. The topological polar surface area (TPSA) is 87.4 Å². The highest BCUT2D eigenvalue weighted by Gasteiger charge is 2.25. The molecule has 0 atom stereocenters. The van der Waals surface area contributed by atoms with E-state index in [0.717, 1.165) is 25.2 Å². The molecule has 29 heavy (non-hydrogen) atoms. The van der Waals surface area contributed by atoms with Gasteiger partial charge in [-0.1, -0.05) is 30.3 Å². The van der Waals surface area contributed by atoms with Crippen molar-refractivity contribution in [1.82, 2.24) is 20.1 Å². The molecule has 8 heteroatoms. The summed E-state index contributed by atoms with van der Waals surface area (Å²) >= 11 is 0. The second kappa shape index (κ2) is 9.18. The van der Waals surface area contributed by atoms with E-state index in [9.17, 15) is 4.79 Å². The molecule has 1 saturated heterocycles. The highest BCUT2D eigenvalue weighted by atomic mass is 16.3. The molecule has 4 rings (SSSR count). The first-order valence-corrected chi connectivity index (χ1v) is 9.85. The van der Waals surface area contributed by atoms with Gasteiger partial charge in [0, 0.05) is 32.7 Å². The van der Waals surface area contributed by atoms with Crippen LogP contribution in [-0.2, 0) is 6.42 Å². The highest BCUT2D eigenvalue weighted by Crippen LogP contribution is 2.14. The first-order chi connectivity index (χ1) is 14.3. The minimum absolute atomic E-state index is 0.0810. The first kappa shape index (κ1) is 18.9. The van der Waals surface area contributed by atoms with Crippen molar-refractivity contribution in [2.75, 3.05) is 42.9 Å². The number of anilines is 2. The maximum absolute atomic E-state index is 12.4. The zero-order valence-electron chi connectivity index (χ0n) is 16.2. The van der Waals surface area contributed by atoms with Crippen LogP contribution in [0.5, 0.6) is 0 Å². The van der Waals surface area contributed by atoms with Crippen LogP contribution in [0.4, 0.5) is 11.8 Å². The summed E-state index contributed by atoms with van der Waals surface area (Å²) in [5, 5.41) is 11.6. The highest BCUT2D eigenvalue weighted by molar-refractivity contribution is 5.91. The van der Waals surface area contributed by atoms with Crippen molar-refractivity contribution < 1.29 is 9.21 Å². The molecule has 0 bridgehead atoms. The summed E-state index contributed by atoms with van der Waals surface area (Å²) in [5.74, 6) is 1.60. The van der Waals surface area contributed by atoms with Gasteiger partial charge in [0.2, 0.25) is 5.95 Å². The lowest BCUT2D eigenvalue weighted by atomic mass is 10.1. The number of piperazine rings is 1. The maximum atomic E-state index is 12.4. The fourth-order valence-corrected chi connectivity index (χ4v) is 3.33. The molecule has 0 saturated carbocycles. The summed E-state index contributed by atoms with van der Waals surface area (Å²) in [4.78, 5) is 20.8. The molecule has 1 fully saturated rings. The van der Waals surface area contributed by atoms with Gasteiger partial charge in [0.1, 0.15) is 0 Å². The van der Waals surface area contributed by atoms with E-state index in [4.69, 9.17) is 4.42 Å². The van der Waals surface area contributed by atoms with Crippen molar-refractivity contribution in [3.8, 4) is 0 Å². The molecule has 0 spiro atoms. The van der Waals surface area contributed by atoms with Crippen molar-refractivity contribution in [2.24, 2.45) is 0 Å². The minimum atomic E-state index is -0.0810. The van der Waals surface area contributed by atoms with E-state index in [1.807, 2.05) is 11.0 Å². The summed E-state index contributed by atoms with van der Waals surface area (Å²) < 4.78 is 5.20. The Morgan fingerprint density at radius 3 is 2.66 bits per heavy atom. The zero-order valence-corrected chi connectivity index (χ0v) is 16.2. The second-order valence-electron chi connectivity index (χ2n) is 6.91. The fourth-order valence-electron chi connectivity index (χ4n) is 3.33. The molecule has 1 amide bonds. The third kappa shape index (κ3) is 4.90. The van der Waals surface area contributed by atoms with Gasteiger partial charge in [-0.2, -0.15) is 10.1 Å². The summed E-state index contributed by atoms with van der Waals surface area (Å²) in [7, 11) is 0. The van der Waals surface area contributed by atoms with Gasteiger partial charge in [0.15, 0.2) is 11.6 Å². The molecule has 0 aliphatic carbocycles. The molecular formula is C21H24N6O2. The van der Waals surface area contributed by atoms with E-state index < -0.39 is 0 Å². The third-order valence-corrected chi connectivity index (χ3v) is 4.92. The van der Waals surface area contributed by atoms with E-state index in [2.05, 4.69) is 44.8 Å². The van der Waals surface area contributed by atoms with Crippen molar-refractivity contribution in [1.29, 1.82) is 0 Å². The number of benzene rings is 1. The molecule has 3 heterocycles. The van der Waals surface area contributed by atoms with Crippen LogP contribution in [0.15, 0.2) is 59.3 Å². The van der Waals surface area contributed by atoms with Gasteiger partial charge in [-0.3, -0.25) is 4.79 Å². The molecule has 8 nitrogen and oxygen atoms in total.